The number of nitrogens with zero attached hydrogens (tertiary/aromatic N) is 1. The summed E-state index contributed by atoms with van der Waals surface area (Å²) in [6.45, 7) is 7.31. The molecular formula is C26H38N2O7. The molecule has 1 aromatic rings. The number of amides is 2. The van der Waals surface area contributed by atoms with Crippen molar-refractivity contribution >= 4 is 23.8 Å². The average molecular weight is 491 g/mol. The third-order valence-electron chi connectivity index (χ3n) is 5.96. The summed E-state index contributed by atoms with van der Waals surface area (Å²) in [5, 5.41) is 10.3. The van der Waals surface area contributed by atoms with Crippen molar-refractivity contribution in [1.82, 2.24) is 10.4 Å². The van der Waals surface area contributed by atoms with Gasteiger partial charge in [-0.1, -0.05) is 43.7 Å². The Labute approximate surface area is 207 Å². The summed E-state index contributed by atoms with van der Waals surface area (Å²) in [4.78, 5) is 58.5. The van der Waals surface area contributed by atoms with Gasteiger partial charge in [0, 0.05) is 18.9 Å². The molecule has 1 unspecified atom stereocenters. The minimum absolute atomic E-state index is 0.0238. The molecule has 35 heavy (non-hydrogen) atoms. The van der Waals surface area contributed by atoms with Crippen molar-refractivity contribution in [1.29, 1.82) is 0 Å². The number of hydroxylamine groups is 1. The van der Waals surface area contributed by atoms with Crippen LogP contribution >= 0.6 is 0 Å². The summed E-state index contributed by atoms with van der Waals surface area (Å²) in [6.07, 6.45) is 0.953. The van der Waals surface area contributed by atoms with Gasteiger partial charge in [-0.15, -0.1) is 0 Å². The van der Waals surface area contributed by atoms with Crippen LogP contribution in [-0.4, -0.2) is 51.4 Å². The van der Waals surface area contributed by atoms with Gasteiger partial charge in [-0.05, 0) is 58.4 Å². The van der Waals surface area contributed by atoms with Crippen LogP contribution in [0.4, 0.5) is 4.79 Å². The summed E-state index contributed by atoms with van der Waals surface area (Å²) in [5.74, 6) is -3.46. The molecule has 0 spiro atoms. The highest BCUT2D eigenvalue weighted by Gasteiger charge is 2.56. The third-order valence-corrected chi connectivity index (χ3v) is 5.96. The van der Waals surface area contributed by atoms with Crippen molar-refractivity contribution in [3.8, 4) is 0 Å². The van der Waals surface area contributed by atoms with Gasteiger partial charge in [0.15, 0.2) is 5.78 Å². The Kier molecular flexibility index (Phi) is 10.4. The van der Waals surface area contributed by atoms with Crippen LogP contribution in [0.15, 0.2) is 30.3 Å². The van der Waals surface area contributed by atoms with E-state index in [1.807, 2.05) is 30.3 Å². The number of hydrogen-bond donors (Lipinski definition) is 2. The van der Waals surface area contributed by atoms with E-state index >= 15 is 0 Å². The molecule has 1 aliphatic heterocycles. The number of unbranched alkanes of at least 4 members (excludes halogenated alkanes) is 1. The fourth-order valence-electron chi connectivity index (χ4n) is 4.08. The number of Topliss-reactive ketones (excluding diaryl/α,β-unsaturated/α-hetero) is 1. The van der Waals surface area contributed by atoms with Gasteiger partial charge < -0.3 is 9.84 Å². The molecular weight excluding hydrogens is 452 g/mol. The lowest BCUT2D eigenvalue weighted by Gasteiger charge is -2.39. The van der Waals surface area contributed by atoms with Gasteiger partial charge in [0.05, 0.1) is 6.61 Å². The summed E-state index contributed by atoms with van der Waals surface area (Å²) < 4.78 is 5.41. The van der Waals surface area contributed by atoms with Crippen molar-refractivity contribution in [2.45, 2.75) is 90.4 Å². The maximum absolute atomic E-state index is 13.3. The van der Waals surface area contributed by atoms with E-state index in [1.165, 1.54) is 0 Å². The second-order valence-electron chi connectivity index (χ2n) is 10.0. The molecule has 0 radical (unpaired) electrons. The number of carboxylic acids is 1. The lowest BCUT2D eigenvalue weighted by molar-refractivity contribution is -0.165. The van der Waals surface area contributed by atoms with Crippen molar-refractivity contribution in [3.63, 3.8) is 0 Å². The van der Waals surface area contributed by atoms with Crippen molar-refractivity contribution < 1.29 is 33.9 Å². The molecule has 2 N–H and O–H groups in total. The highest BCUT2D eigenvalue weighted by atomic mass is 16.6. The highest BCUT2D eigenvalue weighted by Crippen LogP contribution is 2.33. The third kappa shape index (κ3) is 7.86. The van der Waals surface area contributed by atoms with Crippen LogP contribution in [0.1, 0.15) is 78.2 Å². The molecule has 1 fully saturated rings. The topological polar surface area (TPSA) is 122 Å². The van der Waals surface area contributed by atoms with E-state index in [0.29, 0.717) is 43.7 Å². The fraction of sp³-hybridized carbons (Fsp3) is 0.615. The summed E-state index contributed by atoms with van der Waals surface area (Å²) in [7, 11) is 0. The van der Waals surface area contributed by atoms with Crippen LogP contribution in [0.3, 0.4) is 0 Å². The van der Waals surface area contributed by atoms with Gasteiger partial charge >= 0.3 is 12.1 Å². The van der Waals surface area contributed by atoms with Crippen molar-refractivity contribution in [3.05, 3.63) is 35.9 Å². The lowest BCUT2D eigenvalue weighted by Crippen LogP contribution is -2.65. The summed E-state index contributed by atoms with van der Waals surface area (Å²) in [5.41, 5.74) is 0.566. The van der Waals surface area contributed by atoms with Gasteiger partial charge in [0.1, 0.15) is 5.60 Å². The summed E-state index contributed by atoms with van der Waals surface area (Å²) >= 11 is 0. The van der Waals surface area contributed by atoms with Crippen LogP contribution in [-0.2, 0) is 30.6 Å². The molecule has 194 valence electrons. The molecule has 2 amide bonds. The number of nitrogens with one attached hydrogen (secondary N) is 1. The maximum atomic E-state index is 13.3. The molecule has 1 aliphatic rings. The van der Waals surface area contributed by atoms with E-state index in [4.69, 9.17) is 9.57 Å². The molecule has 0 saturated carbocycles. The largest absolute Gasteiger partial charge is 0.479 e. The second-order valence-corrected chi connectivity index (χ2v) is 10.0. The number of hydrogen-bond acceptors (Lipinski definition) is 7. The first-order valence-electron chi connectivity index (χ1n) is 12.2. The number of carbonyl (C=O) groups excluding carboxylic acids is 3. The Morgan fingerprint density at radius 2 is 1.83 bits per heavy atom. The molecule has 0 bridgehead atoms. The first-order valence-corrected chi connectivity index (χ1v) is 12.2. The van der Waals surface area contributed by atoms with E-state index in [-0.39, 0.29) is 19.3 Å². The first kappa shape index (κ1) is 28.5. The van der Waals surface area contributed by atoms with E-state index < -0.39 is 40.8 Å². The van der Waals surface area contributed by atoms with Crippen LogP contribution < -0.4 is 5.48 Å². The molecule has 9 heteroatoms. The first-order chi connectivity index (χ1) is 16.5. The standard InChI is InChI=1S/C26H38N2O7/c1-19-12-8-9-15-21(29)26(23(31)32,28(22(19)30)24(33)35-25(2,3)4)16-10-11-17-27-34-18-20-13-6-5-7-14-20/h5-7,13-14,19,27H,8-12,15-18H2,1-4H3,(H,31,32)/t19?,26-/m1/s1. The zero-order chi connectivity index (χ0) is 26.1. The van der Waals surface area contributed by atoms with E-state index in [2.05, 4.69) is 5.48 Å². The number of ether oxygens (including phenoxy) is 1. The highest BCUT2D eigenvalue weighted by molar-refractivity contribution is 6.14. The van der Waals surface area contributed by atoms with Gasteiger partial charge in [0.25, 0.3) is 0 Å². The van der Waals surface area contributed by atoms with Crippen LogP contribution in [0.25, 0.3) is 0 Å². The molecule has 1 saturated heterocycles. The fourth-order valence-corrected chi connectivity index (χ4v) is 4.08. The van der Waals surface area contributed by atoms with E-state index in [1.54, 1.807) is 27.7 Å². The normalized spacial score (nSPS) is 21.7. The number of rotatable bonds is 9. The van der Waals surface area contributed by atoms with Crippen LogP contribution in [0.5, 0.6) is 0 Å². The number of ketones is 1. The molecule has 9 nitrogen and oxygen atoms in total. The van der Waals surface area contributed by atoms with E-state index in [9.17, 15) is 24.3 Å². The zero-order valence-corrected chi connectivity index (χ0v) is 21.2. The number of carbonyl (C=O) groups is 4. The zero-order valence-electron chi connectivity index (χ0n) is 21.2. The average Bonchev–Trinajstić information content (AvgIpc) is 2.82. The predicted molar refractivity (Wildman–Crippen MR) is 129 cm³/mol. The van der Waals surface area contributed by atoms with Crippen LogP contribution in [0, 0.1) is 5.92 Å². The van der Waals surface area contributed by atoms with Gasteiger partial charge in [-0.2, -0.15) is 0 Å². The number of aliphatic carboxylic acids is 1. The molecule has 1 aromatic carbocycles. The Morgan fingerprint density at radius 1 is 1.14 bits per heavy atom. The Balaban J connectivity index is 2.17. The monoisotopic (exact) mass is 490 g/mol. The lowest BCUT2D eigenvalue weighted by atomic mass is 9.83. The Morgan fingerprint density at radius 3 is 2.46 bits per heavy atom. The molecule has 0 aromatic heterocycles. The number of benzene rings is 1. The van der Waals surface area contributed by atoms with Crippen molar-refractivity contribution in [2.75, 3.05) is 6.54 Å². The number of carboxylic acid groups (broad SMARTS) is 1. The van der Waals surface area contributed by atoms with E-state index in [0.717, 1.165) is 5.56 Å². The smallest absolute Gasteiger partial charge is 0.418 e. The Hall–Kier alpha value is -2.78. The Bertz CT molecular complexity index is 881. The maximum Gasteiger partial charge on any atom is 0.418 e. The van der Waals surface area contributed by atoms with Gasteiger partial charge in [-0.3, -0.25) is 14.4 Å². The molecule has 0 aliphatic carbocycles. The van der Waals surface area contributed by atoms with Crippen LogP contribution in [0.2, 0.25) is 0 Å². The quantitative estimate of drug-likeness (QED) is 0.299. The molecule has 2 rings (SSSR count). The minimum atomic E-state index is -2.30. The molecule has 1 heterocycles. The predicted octanol–water partition coefficient (Wildman–Crippen LogP) is 4.24. The SMILES string of the molecule is CC1CCCCC(=O)[C@](CCCCNOCc2ccccc2)(C(=O)O)N(C(=O)OC(C)(C)C)C1=O. The number of imide groups is 1. The van der Waals surface area contributed by atoms with Gasteiger partial charge in [0.2, 0.25) is 11.4 Å². The molecule has 2 atom stereocenters. The van der Waals surface area contributed by atoms with Crippen molar-refractivity contribution in [2.24, 2.45) is 5.92 Å². The van der Waals surface area contributed by atoms with Gasteiger partial charge in [-0.25, -0.2) is 20.0 Å². The minimum Gasteiger partial charge on any atom is -0.479 e. The summed E-state index contributed by atoms with van der Waals surface area (Å²) in [6, 6.07) is 9.61. The second kappa shape index (κ2) is 12.8.